The highest BCUT2D eigenvalue weighted by Gasteiger charge is 2.04. The van der Waals surface area contributed by atoms with E-state index in [0.29, 0.717) is 28.2 Å². The topological polar surface area (TPSA) is 59.9 Å². The quantitative estimate of drug-likeness (QED) is 0.400. The van der Waals surface area contributed by atoms with Crippen LogP contribution in [0.25, 0.3) is 0 Å². The summed E-state index contributed by atoms with van der Waals surface area (Å²) in [7, 11) is 0. The number of amides is 1. The third-order valence-electron chi connectivity index (χ3n) is 3.78. The SMILES string of the molecule is O=C(COc1ccccc1Cl)N/N=C/c1cccc(OCc2ccc(Cl)cc2)c1. The number of carbonyl (C=O) groups is 1. The van der Waals surface area contributed by atoms with Crippen LogP contribution in [-0.2, 0) is 11.4 Å². The van der Waals surface area contributed by atoms with Gasteiger partial charge in [-0.05, 0) is 47.5 Å². The minimum absolute atomic E-state index is 0.189. The molecule has 29 heavy (non-hydrogen) atoms. The van der Waals surface area contributed by atoms with E-state index in [0.717, 1.165) is 11.1 Å². The highest BCUT2D eigenvalue weighted by Crippen LogP contribution is 2.22. The minimum atomic E-state index is -0.392. The second-order valence-corrected chi connectivity index (χ2v) is 6.84. The summed E-state index contributed by atoms with van der Waals surface area (Å²) in [6.45, 7) is 0.235. The van der Waals surface area contributed by atoms with Crippen molar-refractivity contribution < 1.29 is 14.3 Å². The molecule has 5 nitrogen and oxygen atoms in total. The molecule has 0 aliphatic heterocycles. The fraction of sp³-hybridized carbons (Fsp3) is 0.0909. The predicted molar refractivity (Wildman–Crippen MR) is 115 cm³/mol. The highest BCUT2D eigenvalue weighted by atomic mass is 35.5. The highest BCUT2D eigenvalue weighted by molar-refractivity contribution is 6.32. The van der Waals surface area contributed by atoms with Gasteiger partial charge in [-0.25, -0.2) is 5.43 Å². The summed E-state index contributed by atoms with van der Waals surface area (Å²) >= 11 is 11.9. The van der Waals surface area contributed by atoms with Crippen molar-refractivity contribution in [3.63, 3.8) is 0 Å². The van der Waals surface area contributed by atoms with Crippen LogP contribution in [0.4, 0.5) is 0 Å². The Labute approximate surface area is 178 Å². The van der Waals surface area contributed by atoms with Gasteiger partial charge in [0, 0.05) is 5.02 Å². The van der Waals surface area contributed by atoms with E-state index in [1.165, 1.54) is 6.21 Å². The molecule has 0 aromatic heterocycles. The number of hydrogen-bond donors (Lipinski definition) is 1. The summed E-state index contributed by atoms with van der Waals surface area (Å²) in [6.07, 6.45) is 1.53. The number of hydrazone groups is 1. The molecule has 0 saturated heterocycles. The summed E-state index contributed by atoms with van der Waals surface area (Å²) < 4.78 is 11.1. The second-order valence-electron chi connectivity index (χ2n) is 6.00. The van der Waals surface area contributed by atoms with Crippen molar-refractivity contribution in [1.29, 1.82) is 0 Å². The molecule has 148 valence electrons. The van der Waals surface area contributed by atoms with Crippen LogP contribution in [0, 0.1) is 0 Å². The zero-order valence-corrected chi connectivity index (χ0v) is 16.9. The fourth-order valence-corrected chi connectivity index (χ4v) is 2.66. The minimum Gasteiger partial charge on any atom is -0.489 e. The third-order valence-corrected chi connectivity index (χ3v) is 4.34. The molecule has 0 bridgehead atoms. The molecule has 0 aliphatic carbocycles. The molecule has 0 atom stereocenters. The molecule has 0 radical (unpaired) electrons. The van der Waals surface area contributed by atoms with Crippen molar-refractivity contribution in [2.24, 2.45) is 5.10 Å². The van der Waals surface area contributed by atoms with Gasteiger partial charge in [-0.15, -0.1) is 0 Å². The van der Waals surface area contributed by atoms with E-state index in [-0.39, 0.29) is 6.61 Å². The maximum atomic E-state index is 11.8. The van der Waals surface area contributed by atoms with Gasteiger partial charge >= 0.3 is 0 Å². The molecule has 0 saturated carbocycles. The first-order valence-electron chi connectivity index (χ1n) is 8.77. The number of para-hydroxylation sites is 1. The van der Waals surface area contributed by atoms with E-state index in [4.69, 9.17) is 32.7 Å². The Kier molecular flexibility index (Phi) is 7.50. The van der Waals surface area contributed by atoms with E-state index >= 15 is 0 Å². The molecule has 0 unspecified atom stereocenters. The Hall–Kier alpha value is -3.02. The molecule has 3 rings (SSSR count). The van der Waals surface area contributed by atoms with Gasteiger partial charge in [0.2, 0.25) is 0 Å². The van der Waals surface area contributed by atoms with Crippen LogP contribution >= 0.6 is 23.2 Å². The van der Waals surface area contributed by atoms with Gasteiger partial charge in [-0.2, -0.15) is 5.10 Å². The third kappa shape index (κ3) is 6.82. The fourth-order valence-electron chi connectivity index (χ4n) is 2.35. The van der Waals surface area contributed by atoms with Crippen LogP contribution in [0.2, 0.25) is 10.0 Å². The zero-order chi connectivity index (χ0) is 20.5. The molecule has 0 fully saturated rings. The molecule has 1 amide bonds. The number of nitrogens with zero attached hydrogens (tertiary/aromatic N) is 1. The lowest BCUT2D eigenvalue weighted by Crippen LogP contribution is -2.24. The molecule has 3 aromatic carbocycles. The van der Waals surface area contributed by atoms with Crippen LogP contribution in [0.1, 0.15) is 11.1 Å². The standard InChI is InChI=1S/C22H18Cl2N2O3/c23-18-10-8-16(9-11-18)14-28-19-5-3-4-17(12-19)13-25-26-22(27)15-29-21-7-2-1-6-20(21)24/h1-13H,14-15H2,(H,26,27)/b25-13+. The maximum Gasteiger partial charge on any atom is 0.277 e. The average Bonchev–Trinajstić information content (AvgIpc) is 2.73. The smallest absolute Gasteiger partial charge is 0.277 e. The van der Waals surface area contributed by atoms with E-state index in [2.05, 4.69) is 10.5 Å². The Bertz CT molecular complexity index is 991. The van der Waals surface area contributed by atoms with Crippen LogP contribution in [0.5, 0.6) is 11.5 Å². The van der Waals surface area contributed by atoms with Gasteiger partial charge in [-0.3, -0.25) is 4.79 Å². The van der Waals surface area contributed by atoms with Crippen LogP contribution in [-0.4, -0.2) is 18.7 Å². The first-order valence-corrected chi connectivity index (χ1v) is 9.52. The number of halogens is 2. The number of rotatable bonds is 8. The van der Waals surface area contributed by atoms with Gasteiger partial charge in [0.05, 0.1) is 11.2 Å². The van der Waals surface area contributed by atoms with Crippen molar-refractivity contribution in [2.75, 3.05) is 6.61 Å². The predicted octanol–water partition coefficient (Wildman–Crippen LogP) is 5.10. The van der Waals surface area contributed by atoms with Gasteiger partial charge in [0.25, 0.3) is 5.91 Å². The molecular formula is C22H18Cl2N2O3. The Morgan fingerprint density at radius 3 is 2.55 bits per heavy atom. The summed E-state index contributed by atoms with van der Waals surface area (Å²) in [4.78, 5) is 11.8. The summed E-state index contributed by atoms with van der Waals surface area (Å²) in [5.74, 6) is 0.743. The number of benzene rings is 3. The number of nitrogens with one attached hydrogen (secondary N) is 1. The molecule has 1 N–H and O–H groups in total. The number of ether oxygens (including phenoxy) is 2. The van der Waals surface area contributed by atoms with Crippen molar-refractivity contribution in [1.82, 2.24) is 5.43 Å². The second kappa shape index (κ2) is 10.5. The molecule has 0 heterocycles. The molecular weight excluding hydrogens is 411 g/mol. The lowest BCUT2D eigenvalue weighted by atomic mass is 10.2. The maximum absolute atomic E-state index is 11.8. The van der Waals surface area contributed by atoms with Gasteiger partial charge in [0.15, 0.2) is 6.61 Å². The van der Waals surface area contributed by atoms with Crippen molar-refractivity contribution >= 4 is 35.3 Å². The molecule has 0 aliphatic rings. The van der Waals surface area contributed by atoms with Gasteiger partial charge in [0.1, 0.15) is 18.1 Å². The van der Waals surface area contributed by atoms with E-state index in [1.807, 2.05) is 48.5 Å². The molecule has 3 aromatic rings. The van der Waals surface area contributed by atoms with Crippen molar-refractivity contribution in [3.8, 4) is 11.5 Å². The monoisotopic (exact) mass is 428 g/mol. The van der Waals surface area contributed by atoms with Gasteiger partial charge in [-0.1, -0.05) is 59.6 Å². The summed E-state index contributed by atoms with van der Waals surface area (Å²) in [5, 5.41) is 5.07. The lowest BCUT2D eigenvalue weighted by Gasteiger charge is -2.07. The van der Waals surface area contributed by atoms with Gasteiger partial charge < -0.3 is 9.47 Å². The zero-order valence-electron chi connectivity index (χ0n) is 15.3. The first-order chi connectivity index (χ1) is 14.1. The average molecular weight is 429 g/mol. The van der Waals surface area contributed by atoms with Crippen LogP contribution < -0.4 is 14.9 Å². The first kappa shape index (κ1) is 20.7. The van der Waals surface area contributed by atoms with E-state index < -0.39 is 5.91 Å². The Balaban J connectivity index is 1.47. The van der Waals surface area contributed by atoms with Crippen molar-refractivity contribution in [2.45, 2.75) is 6.61 Å². The normalized spacial score (nSPS) is 10.7. The summed E-state index contributed by atoms with van der Waals surface area (Å²) in [5.41, 5.74) is 4.21. The lowest BCUT2D eigenvalue weighted by molar-refractivity contribution is -0.123. The largest absolute Gasteiger partial charge is 0.489 e. The number of hydrogen-bond acceptors (Lipinski definition) is 4. The molecule has 7 heteroatoms. The Morgan fingerprint density at radius 1 is 0.966 bits per heavy atom. The van der Waals surface area contributed by atoms with Crippen molar-refractivity contribution in [3.05, 3.63) is 94.0 Å². The molecule has 0 spiro atoms. The number of carbonyl (C=O) groups excluding carboxylic acids is 1. The van der Waals surface area contributed by atoms with E-state index in [1.54, 1.807) is 24.3 Å². The Morgan fingerprint density at radius 2 is 1.76 bits per heavy atom. The van der Waals surface area contributed by atoms with E-state index in [9.17, 15) is 4.79 Å². The summed E-state index contributed by atoms with van der Waals surface area (Å²) in [6, 6.07) is 21.8. The van der Waals surface area contributed by atoms with Crippen LogP contribution in [0.15, 0.2) is 77.9 Å². The van der Waals surface area contributed by atoms with Crippen LogP contribution in [0.3, 0.4) is 0 Å².